The minimum absolute atomic E-state index is 0.187. The zero-order valence-corrected chi connectivity index (χ0v) is 12.1. The Morgan fingerprint density at radius 2 is 1.91 bits per heavy atom. The van der Waals surface area contributed by atoms with Crippen LogP contribution >= 0.6 is 0 Å². The number of nitrogens with zero attached hydrogens (tertiary/aromatic N) is 1. The van der Waals surface area contributed by atoms with Crippen LogP contribution in [0.3, 0.4) is 0 Å². The number of aromatic hydroxyl groups is 2. The van der Waals surface area contributed by atoms with Gasteiger partial charge in [0.2, 0.25) is 0 Å². The third-order valence-electron chi connectivity index (χ3n) is 4.80. The fourth-order valence-electron chi connectivity index (χ4n) is 3.68. The van der Waals surface area contributed by atoms with E-state index in [1.54, 1.807) is 11.0 Å². The van der Waals surface area contributed by atoms with E-state index < -0.39 is 0 Å². The van der Waals surface area contributed by atoms with Crippen molar-refractivity contribution >= 4 is 5.91 Å². The van der Waals surface area contributed by atoms with Gasteiger partial charge >= 0.3 is 0 Å². The molecule has 0 fully saturated rings. The van der Waals surface area contributed by atoms with Crippen molar-refractivity contribution in [3.63, 3.8) is 0 Å². The van der Waals surface area contributed by atoms with E-state index in [4.69, 9.17) is 0 Å². The summed E-state index contributed by atoms with van der Waals surface area (Å²) in [6, 6.07) is 11.5. The normalized spacial score (nSPS) is 19.4. The zero-order chi connectivity index (χ0) is 15.3. The van der Waals surface area contributed by atoms with Gasteiger partial charge in [-0.05, 0) is 35.6 Å². The average Bonchev–Trinajstić information content (AvgIpc) is 3.07. The summed E-state index contributed by atoms with van der Waals surface area (Å²) in [6.07, 6.45) is 2.11. The Hall–Kier alpha value is -2.49. The van der Waals surface area contributed by atoms with Gasteiger partial charge in [0.05, 0.1) is 5.56 Å². The number of hydrogen-bond acceptors (Lipinski definition) is 3. The number of rotatable bonds is 2. The van der Waals surface area contributed by atoms with Gasteiger partial charge in [-0.1, -0.05) is 30.3 Å². The Labute approximate surface area is 128 Å². The second-order valence-corrected chi connectivity index (χ2v) is 6.09. The molecule has 1 atom stereocenters. The molecule has 0 saturated heterocycles. The molecular weight excluding hydrogens is 278 g/mol. The highest BCUT2D eigenvalue weighted by atomic mass is 16.3. The number of carbonyl (C=O) groups is 1. The van der Waals surface area contributed by atoms with Crippen LogP contribution < -0.4 is 0 Å². The van der Waals surface area contributed by atoms with E-state index in [-0.39, 0.29) is 23.0 Å². The van der Waals surface area contributed by atoms with Crippen LogP contribution in [0.5, 0.6) is 11.5 Å². The molecule has 0 radical (unpaired) electrons. The lowest BCUT2D eigenvalue weighted by atomic mass is 10.0. The average molecular weight is 295 g/mol. The highest BCUT2D eigenvalue weighted by molar-refractivity contribution is 6.01. The van der Waals surface area contributed by atoms with Gasteiger partial charge in [-0.2, -0.15) is 0 Å². The van der Waals surface area contributed by atoms with Crippen molar-refractivity contribution in [2.45, 2.75) is 25.3 Å². The molecule has 1 aliphatic carbocycles. The number of phenolic OH excluding ortho intramolecular Hbond substituents is 2. The van der Waals surface area contributed by atoms with E-state index in [0.717, 1.165) is 18.4 Å². The number of aryl methyl sites for hydroxylation is 1. The summed E-state index contributed by atoms with van der Waals surface area (Å²) in [5.41, 5.74) is 3.74. The lowest BCUT2D eigenvalue weighted by Crippen LogP contribution is -2.28. The van der Waals surface area contributed by atoms with Crippen molar-refractivity contribution in [3.05, 3.63) is 58.7 Å². The molecular formula is C18H17NO3. The third kappa shape index (κ3) is 1.87. The summed E-state index contributed by atoms with van der Waals surface area (Å²) in [5.74, 6) is -0.366. The summed E-state index contributed by atoms with van der Waals surface area (Å²) in [7, 11) is 0. The maximum atomic E-state index is 12.5. The molecule has 4 rings (SSSR count). The van der Waals surface area contributed by atoms with Crippen molar-refractivity contribution in [2.75, 3.05) is 6.54 Å². The molecule has 2 aromatic carbocycles. The fraction of sp³-hybridized carbons (Fsp3) is 0.278. The summed E-state index contributed by atoms with van der Waals surface area (Å²) in [6.45, 7) is 1.16. The third-order valence-corrected chi connectivity index (χ3v) is 4.80. The Bertz CT molecular complexity index is 769. The highest BCUT2D eigenvalue weighted by Gasteiger charge is 2.34. The van der Waals surface area contributed by atoms with E-state index in [0.29, 0.717) is 19.0 Å². The van der Waals surface area contributed by atoms with Gasteiger partial charge in [0.1, 0.15) is 0 Å². The summed E-state index contributed by atoms with van der Waals surface area (Å²) >= 11 is 0. The molecule has 112 valence electrons. The Morgan fingerprint density at radius 3 is 2.77 bits per heavy atom. The maximum absolute atomic E-state index is 12.5. The molecule has 2 aromatic rings. The molecule has 2 N–H and O–H groups in total. The lowest BCUT2D eigenvalue weighted by molar-refractivity contribution is 0.0765. The Morgan fingerprint density at radius 1 is 1.09 bits per heavy atom. The van der Waals surface area contributed by atoms with Crippen LogP contribution in [0.2, 0.25) is 0 Å². The van der Waals surface area contributed by atoms with Crippen LogP contribution in [0.4, 0.5) is 0 Å². The van der Waals surface area contributed by atoms with Gasteiger partial charge in [0.15, 0.2) is 11.5 Å². The van der Waals surface area contributed by atoms with Gasteiger partial charge in [0.25, 0.3) is 5.91 Å². The number of hydrogen-bond donors (Lipinski definition) is 2. The molecule has 0 saturated carbocycles. The van der Waals surface area contributed by atoms with E-state index >= 15 is 0 Å². The summed E-state index contributed by atoms with van der Waals surface area (Å²) in [5, 5.41) is 19.5. The zero-order valence-electron chi connectivity index (χ0n) is 12.1. The molecule has 2 aliphatic rings. The molecule has 0 spiro atoms. The van der Waals surface area contributed by atoms with Crippen molar-refractivity contribution in [3.8, 4) is 11.5 Å². The number of benzene rings is 2. The number of amides is 1. The second-order valence-electron chi connectivity index (χ2n) is 6.09. The minimum Gasteiger partial charge on any atom is -0.504 e. The number of carbonyl (C=O) groups excluding carboxylic acids is 1. The molecule has 4 nitrogen and oxygen atoms in total. The van der Waals surface area contributed by atoms with Gasteiger partial charge in [0, 0.05) is 19.0 Å². The van der Waals surface area contributed by atoms with Crippen molar-refractivity contribution in [1.82, 2.24) is 4.90 Å². The Kier molecular flexibility index (Phi) is 2.86. The largest absolute Gasteiger partial charge is 0.504 e. The standard InChI is InChI=1S/C18H17NO3/c20-15-8-7-13-10-19(18(22)16(13)17(15)21)9-12-6-5-11-3-1-2-4-14(11)12/h1-4,7-8,12,20-21H,5-6,9-10H2/t12-/m1/s1. The molecule has 4 heteroatoms. The Balaban J connectivity index is 1.60. The first-order chi connectivity index (χ1) is 10.6. The summed E-state index contributed by atoms with van der Waals surface area (Å²) in [4.78, 5) is 14.3. The number of fused-ring (bicyclic) bond motifs is 2. The fourth-order valence-corrected chi connectivity index (χ4v) is 3.68. The first-order valence-corrected chi connectivity index (χ1v) is 7.56. The van der Waals surface area contributed by atoms with E-state index in [1.165, 1.54) is 17.2 Å². The minimum atomic E-state index is -0.295. The quantitative estimate of drug-likeness (QED) is 0.838. The first kappa shape index (κ1) is 13.2. The molecule has 22 heavy (non-hydrogen) atoms. The van der Waals surface area contributed by atoms with Gasteiger partial charge in [-0.15, -0.1) is 0 Å². The predicted molar refractivity (Wildman–Crippen MR) is 82.0 cm³/mol. The van der Waals surface area contributed by atoms with E-state index in [1.807, 2.05) is 6.07 Å². The van der Waals surface area contributed by atoms with Gasteiger partial charge in [-0.25, -0.2) is 0 Å². The van der Waals surface area contributed by atoms with Crippen molar-refractivity contribution in [2.24, 2.45) is 0 Å². The van der Waals surface area contributed by atoms with Crippen molar-refractivity contribution < 1.29 is 15.0 Å². The van der Waals surface area contributed by atoms with Crippen LogP contribution in [-0.4, -0.2) is 27.6 Å². The highest BCUT2D eigenvalue weighted by Crippen LogP contribution is 2.39. The van der Waals surface area contributed by atoms with Crippen LogP contribution in [-0.2, 0) is 13.0 Å². The van der Waals surface area contributed by atoms with Crippen LogP contribution in [0.15, 0.2) is 36.4 Å². The first-order valence-electron chi connectivity index (χ1n) is 7.56. The van der Waals surface area contributed by atoms with Gasteiger partial charge < -0.3 is 15.1 Å². The molecule has 0 aromatic heterocycles. The van der Waals surface area contributed by atoms with Crippen LogP contribution in [0.1, 0.15) is 39.4 Å². The topological polar surface area (TPSA) is 60.8 Å². The van der Waals surface area contributed by atoms with Crippen LogP contribution in [0.25, 0.3) is 0 Å². The van der Waals surface area contributed by atoms with Gasteiger partial charge in [-0.3, -0.25) is 4.79 Å². The molecule has 1 heterocycles. The smallest absolute Gasteiger partial charge is 0.258 e. The van der Waals surface area contributed by atoms with Crippen molar-refractivity contribution in [1.29, 1.82) is 0 Å². The van der Waals surface area contributed by atoms with E-state index in [2.05, 4.69) is 18.2 Å². The molecule has 0 bridgehead atoms. The second kappa shape index (κ2) is 4.77. The monoisotopic (exact) mass is 295 g/mol. The maximum Gasteiger partial charge on any atom is 0.258 e. The molecule has 1 amide bonds. The molecule has 0 unspecified atom stereocenters. The SMILES string of the molecule is O=C1c2c(ccc(O)c2O)CN1C[C@H]1CCc2ccccc21. The number of phenols is 2. The summed E-state index contributed by atoms with van der Waals surface area (Å²) < 4.78 is 0. The van der Waals surface area contributed by atoms with E-state index in [9.17, 15) is 15.0 Å². The lowest BCUT2D eigenvalue weighted by Gasteiger charge is -2.21. The predicted octanol–water partition coefficient (Wildman–Crippen LogP) is 2.78. The van der Waals surface area contributed by atoms with Crippen LogP contribution in [0, 0.1) is 0 Å². The molecule has 1 aliphatic heterocycles.